The van der Waals surface area contributed by atoms with E-state index in [-0.39, 0.29) is 11.7 Å². The quantitative estimate of drug-likeness (QED) is 0.849. The summed E-state index contributed by atoms with van der Waals surface area (Å²) in [7, 11) is 0. The van der Waals surface area contributed by atoms with Gasteiger partial charge < -0.3 is 15.4 Å². The number of rotatable bonds is 6. The first-order chi connectivity index (χ1) is 10.1. The van der Waals surface area contributed by atoms with Gasteiger partial charge in [-0.3, -0.25) is 4.79 Å². The van der Waals surface area contributed by atoms with E-state index in [2.05, 4.69) is 15.4 Å². The van der Waals surface area contributed by atoms with Crippen molar-refractivity contribution in [2.75, 3.05) is 18.4 Å². The molecule has 1 saturated heterocycles. The summed E-state index contributed by atoms with van der Waals surface area (Å²) >= 11 is 0. The molecule has 1 atom stereocenters. The Bertz CT molecular complexity index is 445. The van der Waals surface area contributed by atoms with Gasteiger partial charge in [-0.25, -0.2) is 0 Å². The van der Waals surface area contributed by atoms with Crippen molar-refractivity contribution >= 4 is 11.6 Å². The lowest BCUT2D eigenvalue weighted by Crippen LogP contribution is -2.30. The van der Waals surface area contributed by atoms with Crippen LogP contribution in [0.5, 0.6) is 5.75 Å². The molecule has 1 unspecified atom stereocenters. The zero-order valence-electron chi connectivity index (χ0n) is 11.8. The Kier molecular flexibility index (Phi) is 5.92. The van der Waals surface area contributed by atoms with E-state index in [0.29, 0.717) is 18.0 Å². The van der Waals surface area contributed by atoms with E-state index in [1.807, 2.05) is 0 Å². The van der Waals surface area contributed by atoms with Crippen molar-refractivity contribution in [3.63, 3.8) is 0 Å². The van der Waals surface area contributed by atoms with Crippen LogP contribution in [0.15, 0.2) is 24.3 Å². The minimum Gasteiger partial charge on any atom is -0.435 e. The molecule has 0 bridgehead atoms. The van der Waals surface area contributed by atoms with Gasteiger partial charge in [0.15, 0.2) is 0 Å². The van der Waals surface area contributed by atoms with E-state index in [1.165, 1.54) is 18.6 Å². The fourth-order valence-corrected chi connectivity index (χ4v) is 2.45. The van der Waals surface area contributed by atoms with Crippen LogP contribution in [0, 0.1) is 5.92 Å². The predicted octanol–water partition coefficient (Wildman–Crippen LogP) is 3.01. The molecule has 0 saturated carbocycles. The van der Waals surface area contributed by atoms with E-state index in [1.54, 1.807) is 12.1 Å². The van der Waals surface area contributed by atoms with E-state index < -0.39 is 6.61 Å². The highest BCUT2D eigenvalue weighted by atomic mass is 19.3. The molecule has 0 aromatic heterocycles. The van der Waals surface area contributed by atoms with Crippen molar-refractivity contribution in [1.82, 2.24) is 5.32 Å². The molecule has 1 amide bonds. The third kappa shape index (κ3) is 5.67. The van der Waals surface area contributed by atoms with E-state index in [0.717, 1.165) is 25.9 Å². The van der Waals surface area contributed by atoms with Gasteiger partial charge in [-0.2, -0.15) is 8.78 Å². The van der Waals surface area contributed by atoms with Crippen molar-refractivity contribution in [2.45, 2.75) is 32.3 Å². The maximum Gasteiger partial charge on any atom is 0.387 e. The van der Waals surface area contributed by atoms with Gasteiger partial charge in [-0.05, 0) is 62.5 Å². The number of piperidine rings is 1. The van der Waals surface area contributed by atoms with Crippen LogP contribution in [-0.4, -0.2) is 25.6 Å². The number of carbonyl (C=O) groups excluding carboxylic acids is 1. The number of nitrogens with one attached hydrogen (secondary N) is 2. The Morgan fingerprint density at radius 1 is 1.38 bits per heavy atom. The summed E-state index contributed by atoms with van der Waals surface area (Å²) in [6.45, 7) is -0.794. The molecule has 1 aromatic carbocycles. The van der Waals surface area contributed by atoms with Gasteiger partial charge in [0.2, 0.25) is 5.91 Å². The van der Waals surface area contributed by atoms with Crippen LogP contribution >= 0.6 is 0 Å². The molecule has 6 heteroatoms. The highest BCUT2D eigenvalue weighted by molar-refractivity contribution is 5.90. The van der Waals surface area contributed by atoms with Crippen LogP contribution in [-0.2, 0) is 4.79 Å². The first-order valence-electron chi connectivity index (χ1n) is 7.19. The van der Waals surface area contributed by atoms with Gasteiger partial charge in [0.05, 0.1) is 0 Å². The normalized spacial score (nSPS) is 18.5. The van der Waals surface area contributed by atoms with Crippen molar-refractivity contribution in [3.05, 3.63) is 24.3 Å². The first-order valence-corrected chi connectivity index (χ1v) is 7.19. The molecule has 1 fully saturated rings. The van der Waals surface area contributed by atoms with E-state index in [9.17, 15) is 13.6 Å². The number of amides is 1. The van der Waals surface area contributed by atoms with Crippen LogP contribution in [0.25, 0.3) is 0 Å². The lowest BCUT2D eigenvalue weighted by atomic mass is 9.94. The number of carbonyl (C=O) groups is 1. The second-order valence-electron chi connectivity index (χ2n) is 5.20. The van der Waals surface area contributed by atoms with Crippen LogP contribution < -0.4 is 15.4 Å². The second kappa shape index (κ2) is 7.93. The molecular formula is C15H20F2N2O2. The van der Waals surface area contributed by atoms with Gasteiger partial charge in [-0.15, -0.1) is 0 Å². The number of benzene rings is 1. The Balaban J connectivity index is 1.74. The highest BCUT2D eigenvalue weighted by Gasteiger charge is 2.14. The van der Waals surface area contributed by atoms with Gasteiger partial charge in [0.25, 0.3) is 0 Å². The molecule has 0 radical (unpaired) electrons. The third-order valence-corrected chi connectivity index (χ3v) is 3.54. The van der Waals surface area contributed by atoms with Crippen molar-refractivity contribution in [2.24, 2.45) is 5.92 Å². The average Bonchev–Trinajstić information content (AvgIpc) is 2.48. The van der Waals surface area contributed by atoms with E-state index >= 15 is 0 Å². The van der Waals surface area contributed by atoms with Crippen LogP contribution in [0.3, 0.4) is 0 Å². The number of alkyl halides is 2. The summed E-state index contributed by atoms with van der Waals surface area (Å²) in [5.74, 6) is 0.589. The molecule has 1 aliphatic heterocycles. The first kappa shape index (κ1) is 15.7. The Hall–Kier alpha value is -1.69. The zero-order chi connectivity index (χ0) is 15.1. The molecule has 0 spiro atoms. The molecule has 1 aliphatic rings. The molecule has 21 heavy (non-hydrogen) atoms. The molecule has 1 heterocycles. The van der Waals surface area contributed by atoms with Crippen molar-refractivity contribution in [1.29, 1.82) is 0 Å². The summed E-state index contributed by atoms with van der Waals surface area (Å²) in [5.41, 5.74) is 0.586. The smallest absolute Gasteiger partial charge is 0.387 e. The lowest BCUT2D eigenvalue weighted by Gasteiger charge is -2.22. The molecule has 2 rings (SSSR count). The Labute approximate surface area is 122 Å². The summed E-state index contributed by atoms with van der Waals surface area (Å²) in [6, 6.07) is 5.93. The average molecular weight is 298 g/mol. The Morgan fingerprint density at radius 3 is 2.76 bits per heavy atom. The van der Waals surface area contributed by atoms with Crippen LogP contribution in [0.1, 0.15) is 25.7 Å². The topological polar surface area (TPSA) is 50.4 Å². The number of ether oxygens (including phenoxy) is 1. The second-order valence-corrected chi connectivity index (χ2v) is 5.20. The summed E-state index contributed by atoms with van der Waals surface area (Å²) in [6.07, 6.45) is 3.67. The maximum absolute atomic E-state index is 12.0. The highest BCUT2D eigenvalue weighted by Crippen LogP contribution is 2.19. The molecule has 116 valence electrons. The largest absolute Gasteiger partial charge is 0.435 e. The fraction of sp³-hybridized carbons (Fsp3) is 0.533. The summed E-state index contributed by atoms with van der Waals surface area (Å²) < 4.78 is 28.3. The van der Waals surface area contributed by atoms with Gasteiger partial charge in [-0.1, -0.05) is 0 Å². The molecule has 1 aromatic rings. The number of anilines is 1. The van der Waals surface area contributed by atoms with Gasteiger partial charge in [0.1, 0.15) is 5.75 Å². The fourth-order valence-electron chi connectivity index (χ4n) is 2.45. The maximum atomic E-state index is 12.0. The van der Waals surface area contributed by atoms with Crippen LogP contribution in [0.2, 0.25) is 0 Å². The molecular weight excluding hydrogens is 278 g/mol. The minimum absolute atomic E-state index is 0.0527. The van der Waals surface area contributed by atoms with E-state index in [4.69, 9.17) is 0 Å². The third-order valence-electron chi connectivity index (χ3n) is 3.54. The SMILES string of the molecule is O=C(CCC1CCCNC1)Nc1ccc(OC(F)F)cc1. The van der Waals surface area contributed by atoms with Gasteiger partial charge in [0, 0.05) is 12.1 Å². The predicted molar refractivity (Wildman–Crippen MR) is 76.5 cm³/mol. The number of halogens is 2. The molecule has 4 nitrogen and oxygen atoms in total. The Morgan fingerprint density at radius 2 is 2.14 bits per heavy atom. The molecule has 2 N–H and O–H groups in total. The zero-order valence-corrected chi connectivity index (χ0v) is 11.8. The van der Waals surface area contributed by atoms with Crippen molar-refractivity contribution in [3.8, 4) is 5.75 Å². The molecule has 0 aliphatic carbocycles. The van der Waals surface area contributed by atoms with Crippen LogP contribution in [0.4, 0.5) is 14.5 Å². The minimum atomic E-state index is -2.84. The number of hydrogen-bond donors (Lipinski definition) is 2. The lowest BCUT2D eigenvalue weighted by molar-refractivity contribution is -0.116. The van der Waals surface area contributed by atoms with Gasteiger partial charge >= 0.3 is 6.61 Å². The van der Waals surface area contributed by atoms with Crippen molar-refractivity contribution < 1.29 is 18.3 Å². The summed E-state index contributed by atoms with van der Waals surface area (Å²) in [4.78, 5) is 11.8. The monoisotopic (exact) mass is 298 g/mol. The number of hydrogen-bond acceptors (Lipinski definition) is 3. The summed E-state index contributed by atoms with van der Waals surface area (Å²) in [5, 5.41) is 6.08. The standard InChI is InChI=1S/C15H20F2N2O2/c16-15(17)21-13-6-4-12(5-7-13)19-14(20)8-3-11-2-1-9-18-10-11/h4-7,11,15,18H,1-3,8-10H2,(H,19,20).